The molecule has 9 nitrogen and oxygen atoms in total. The van der Waals surface area contributed by atoms with Gasteiger partial charge >= 0.3 is 0 Å². The number of carbonyl (C=O) groups is 1. The molecule has 1 spiro atoms. The Kier molecular flexibility index (Phi) is 4.55. The van der Waals surface area contributed by atoms with Gasteiger partial charge in [0.05, 0.1) is 16.7 Å². The molecule has 0 radical (unpaired) electrons. The Hall–Kier alpha value is -5.18. The van der Waals surface area contributed by atoms with Crippen LogP contribution in [-0.2, 0) is 5.54 Å². The maximum absolute atomic E-state index is 13.8. The topological polar surface area (TPSA) is 126 Å². The molecule has 2 aliphatic heterocycles. The highest BCUT2D eigenvalue weighted by Crippen LogP contribution is 2.58. The third-order valence-corrected chi connectivity index (χ3v) is 6.43. The maximum atomic E-state index is 13.8. The summed E-state index contributed by atoms with van der Waals surface area (Å²) < 4.78 is 6.04. The number of nitro groups is 1. The highest BCUT2D eigenvalue weighted by molar-refractivity contribution is 6.03. The van der Waals surface area contributed by atoms with Crippen LogP contribution in [0.15, 0.2) is 90.0 Å². The van der Waals surface area contributed by atoms with Crippen LogP contribution in [0.5, 0.6) is 23.0 Å². The molecule has 0 aromatic heterocycles. The number of ether oxygens (including phenoxy) is 1. The number of para-hydroxylation sites is 1. The normalized spacial score (nSPS) is 14.9. The fraction of sp³-hybridized carbons (Fsp3) is 0.0370. The molecule has 0 fully saturated rings. The molecule has 0 bridgehead atoms. The molecule has 2 N–H and O–H groups in total. The molecular formula is C27H17N3O6. The van der Waals surface area contributed by atoms with Crippen molar-refractivity contribution in [1.82, 2.24) is 5.01 Å². The average molecular weight is 479 g/mol. The van der Waals surface area contributed by atoms with Crippen molar-refractivity contribution in [2.75, 3.05) is 0 Å². The number of nitrogens with zero attached hydrogens (tertiary/aromatic N) is 3. The quantitative estimate of drug-likeness (QED) is 0.245. The van der Waals surface area contributed by atoms with E-state index in [0.29, 0.717) is 22.3 Å². The van der Waals surface area contributed by atoms with E-state index in [9.17, 15) is 25.1 Å². The summed E-state index contributed by atoms with van der Waals surface area (Å²) in [6.07, 6.45) is 1.29. The number of rotatable bonds is 3. The highest BCUT2D eigenvalue weighted by Gasteiger charge is 2.57. The summed E-state index contributed by atoms with van der Waals surface area (Å²) in [4.78, 5) is 24.8. The van der Waals surface area contributed by atoms with E-state index in [1.165, 1.54) is 41.6 Å². The van der Waals surface area contributed by atoms with E-state index in [1.54, 1.807) is 48.5 Å². The van der Waals surface area contributed by atoms with Crippen molar-refractivity contribution in [3.05, 3.63) is 123 Å². The van der Waals surface area contributed by atoms with E-state index in [0.717, 1.165) is 0 Å². The molecule has 9 heteroatoms. The third kappa shape index (κ3) is 2.89. The minimum absolute atomic E-state index is 0.0416. The molecule has 0 atom stereocenters. The smallest absolute Gasteiger partial charge is 0.278 e. The Bertz CT molecular complexity index is 1560. The van der Waals surface area contributed by atoms with Gasteiger partial charge in [0.2, 0.25) is 0 Å². The van der Waals surface area contributed by atoms with Gasteiger partial charge in [-0.1, -0.05) is 30.3 Å². The maximum Gasteiger partial charge on any atom is 0.278 e. The van der Waals surface area contributed by atoms with Crippen molar-refractivity contribution in [1.29, 1.82) is 0 Å². The molecule has 1 amide bonds. The molecule has 4 aromatic rings. The summed E-state index contributed by atoms with van der Waals surface area (Å²) in [5, 5.41) is 37.7. The van der Waals surface area contributed by atoms with Gasteiger partial charge in [-0.15, -0.1) is 0 Å². The van der Waals surface area contributed by atoms with Gasteiger partial charge in [0.1, 0.15) is 28.5 Å². The number of carbonyl (C=O) groups excluding carboxylic acids is 1. The van der Waals surface area contributed by atoms with Crippen molar-refractivity contribution in [3.8, 4) is 23.0 Å². The molecule has 0 saturated heterocycles. The lowest BCUT2D eigenvalue weighted by atomic mass is 9.75. The second-order valence-corrected chi connectivity index (χ2v) is 8.40. The van der Waals surface area contributed by atoms with Crippen LogP contribution in [0, 0.1) is 10.1 Å². The number of benzene rings is 4. The molecule has 0 unspecified atom stereocenters. The van der Waals surface area contributed by atoms with E-state index in [4.69, 9.17) is 4.74 Å². The predicted octanol–water partition coefficient (Wildman–Crippen LogP) is 4.89. The molecule has 0 saturated carbocycles. The molecule has 2 heterocycles. The van der Waals surface area contributed by atoms with Gasteiger partial charge in [-0.05, 0) is 36.4 Å². The van der Waals surface area contributed by atoms with Crippen LogP contribution in [0.4, 0.5) is 5.69 Å². The molecule has 36 heavy (non-hydrogen) atoms. The van der Waals surface area contributed by atoms with E-state index in [-0.39, 0.29) is 34.2 Å². The lowest BCUT2D eigenvalue weighted by molar-refractivity contribution is -0.385. The fourth-order valence-electron chi connectivity index (χ4n) is 4.96. The number of aromatic hydroxyl groups is 2. The summed E-state index contributed by atoms with van der Waals surface area (Å²) in [6, 6.07) is 22.3. The first-order valence-corrected chi connectivity index (χ1v) is 11.0. The minimum atomic E-state index is -1.32. The second kappa shape index (κ2) is 7.67. The number of hydrazone groups is 1. The number of hydrogen-bond acceptors (Lipinski definition) is 7. The van der Waals surface area contributed by atoms with Crippen molar-refractivity contribution < 1.29 is 24.7 Å². The van der Waals surface area contributed by atoms with Crippen LogP contribution in [0.2, 0.25) is 0 Å². The lowest BCUT2D eigenvalue weighted by Crippen LogP contribution is -2.44. The number of phenolic OH excluding ortho intramolecular Hbond substituents is 2. The van der Waals surface area contributed by atoms with Gasteiger partial charge in [-0.3, -0.25) is 14.9 Å². The van der Waals surface area contributed by atoms with Crippen molar-refractivity contribution >= 4 is 17.8 Å². The van der Waals surface area contributed by atoms with E-state index < -0.39 is 16.4 Å². The average Bonchev–Trinajstić information content (AvgIpc) is 3.11. The predicted molar refractivity (Wildman–Crippen MR) is 129 cm³/mol. The highest BCUT2D eigenvalue weighted by atomic mass is 16.6. The van der Waals surface area contributed by atoms with Gasteiger partial charge in [0.15, 0.2) is 0 Å². The van der Waals surface area contributed by atoms with Gasteiger partial charge in [-0.25, -0.2) is 5.01 Å². The minimum Gasteiger partial charge on any atom is -0.508 e. The van der Waals surface area contributed by atoms with Crippen LogP contribution in [0.1, 0.15) is 32.6 Å². The summed E-state index contributed by atoms with van der Waals surface area (Å²) in [5.41, 5.74) is 0.854. The van der Waals surface area contributed by atoms with Gasteiger partial charge in [-0.2, -0.15) is 5.10 Å². The van der Waals surface area contributed by atoms with Crippen LogP contribution in [0.25, 0.3) is 0 Å². The molecule has 176 valence electrons. The first-order chi connectivity index (χ1) is 17.4. The molecule has 0 aliphatic carbocycles. The number of fused-ring (bicyclic) bond motifs is 6. The molecule has 2 aliphatic rings. The first kappa shape index (κ1) is 21.4. The van der Waals surface area contributed by atoms with E-state index in [1.807, 2.05) is 6.07 Å². The Morgan fingerprint density at radius 1 is 0.861 bits per heavy atom. The number of hydrogen-bond donors (Lipinski definition) is 2. The number of amides is 1. The number of phenols is 2. The monoisotopic (exact) mass is 479 g/mol. The van der Waals surface area contributed by atoms with Crippen LogP contribution >= 0.6 is 0 Å². The summed E-state index contributed by atoms with van der Waals surface area (Å²) >= 11 is 0. The first-order valence-electron chi connectivity index (χ1n) is 11.0. The largest absolute Gasteiger partial charge is 0.508 e. The zero-order valence-electron chi connectivity index (χ0n) is 18.5. The van der Waals surface area contributed by atoms with Gasteiger partial charge in [0, 0.05) is 40.5 Å². The molecular weight excluding hydrogens is 462 g/mol. The number of nitro benzene ring substituents is 1. The zero-order chi connectivity index (χ0) is 25.0. The van der Waals surface area contributed by atoms with Crippen LogP contribution in [0.3, 0.4) is 0 Å². The summed E-state index contributed by atoms with van der Waals surface area (Å²) in [5.74, 6) is 0.0625. The van der Waals surface area contributed by atoms with Gasteiger partial charge < -0.3 is 14.9 Å². The standard InChI is InChI=1S/C27H17N3O6/c31-17-9-11-21-24(13-17)36-25-14-18(32)10-12-22(25)27(21)20-7-3-2-6-19(20)26(33)29(27)28-15-16-5-1-4-8-23(16)30(34)35/h1-15,31-32H/b28-15+. The second-order valence-electron chi connectivity index (χ2n) is 8.40. The summed E-state index contributed by atoms with van der Waals surface area (Å²) in [6.45, 7) is 0. The Morgan fingerprint density at radius 2 is 1.47 bits per heavy atom. The third-order valence-electron chi connectivity index (χ3n) is 6.43. The summed E-state index contributed by atoms with van der Waals surface area (Å²) in [7, 11) is 0. The van der Waals surface area contributed by atoms with E-state index >= 15 is 0 Å². The van der Waals surface area contributed by atoms with Crippen molar-refractivity contribution in [2.45, 2.75) is 5.54 Å². The Morgan fingerprint density at radius 3 is 2.14 bits per heavy atom. The SMILES string of the molecule is O=C1c2ccccc2C2(c3ccc(O)cc3Oc3cc(O)ccc32)N1/N=C/c1ccccc1[N+](=O)[O-]. The van der Waals surface area contributed by atoms with Crippen molar-refractivity contribution in [3.63, 3.8) is 0 Å². The Labute approximate surface area is 204 Å². The lowest BCUT2D eigenvalue weighted by Gasteiger charge is -2.41. The van der Waals surface area contributed by atoms with Crippen LogP contribution < -0.4 is 4.74 Å². The fourth-order valence-corrected chi connectivity index (χ4v) is 4.96. The van der Waals surface area contributed by atoms with Crippen LogP contribution in [-0.4, -0.2) is 32.3 Å². The van der Waals surface area contributed by atoms with Gasteiger partial charge in [0.25, 0.3) is 11.6 Å². The molecule has 4 aromatic carbocycles. The molecule has 6 rings (SSSR count). The van der Waals surface area contributed by atoms with Crippen molar-refractivity contribution in [2.24, 2.45) is 5.10 Å². The Balaban J connectivity index is 1.66. The van der Waals surface area contributed by atoms with E-state index in [2.05, 4.69) is 5.10 Å². The zero-order valence-corrected chi connectivity index (χ0v) is 18.5.